The number of nitrogens with zero attached hydrogens (tertiary/aromatic N) is 1. The number of hydroxylamine groups is 1. The van der Waals surface area contributed by atoms with Crippen LogP contribution in [-0.4, -0.2) is 37.0 Å². The molecule has 88 valence electrons. The molecule has 0 bridgehead atoms. The summed E-state index contributed by atoms with van der Waals surface area (Å²) >= 11 is 0. The molecule has 0 aliphatic carbocycles. The molecule has 1 aliphatic rings. The number of carbonyl (C=O) groups excluding carboxylic acids is 1. The van der Waals surface area contributed by atoms with Gasteiger partial charge in [0, 0.05) is 13.0 Å². The van der Waals surface area contributed by atoms with Crippen LogP contribution in [0.15, 0.2) is 0 Å². The van der Waals surface area contributed by atoms with Gasteiger partial charge < -0.3 is 4.90 Å². The fourth-order valence-corrected chi connectivity index (χ4v) is 1.72. The first-order valence-electron chi connectivity index (χ1n) is 5.81. The van der Waals surface area contributed by atoms with Gasteiger partial charge in [0.25, 0.3) is 0 Å². The second-order valence-electron chi connectivity index (χ2n) is 4.52. The van der Waals surface area contributed by atoms with Crippen LogP contribution in [0.5, 0.6) is 0 Å². The van der Waals surface area contributed by atoms with Gasteiger partial charge in [-0.05, 0) is 31.8 Å². The molecule has 0 saturated carbocycles. The quantitative estimate of drug-likeness (QED) is 0.533. The number of rotatable bonds is 6. The second-order valence-corrected chi connectivity index (χ2v) is 4.52. The molecule has 1 amide bonds. The fourth-order valence-electron chi connectivity index (χ4n) is 1.72. The second kappa shape index (κ2) is 6.80. The van der Waals surface area contributed by atoms with Gasteiger partial charge in [-0.3, -0.25) is 9.63 Å². The summed E-state index contributed by atoms with van der Waals surface area (Å²) in [5.74, 6) is 0.360. The summed E-state index contributed by atoms with van der Waals surface area (Å²) in [6.07, 6.45) is 3.11. The van der Waals surface area contributed by atoms with Gasteiger partial charge in [-0.25, -0.2) is 5.48 Å². The highest BCUT2D eigenvalue weighted by atomic mass is 16.6. The van der Waals surface area contributed by atoms with Crippen molar-refractivity contribution >= 4 is 5.91 Å². The van der Waals surface area contributed by atoms with E-state index >= 15 is 0 Å². The molecule has 0 aromatic carbocycles. The van der Waals surface area contributed by atoms with Crippen molar-refractivity contribution in [2.45, 2.75) is 33.1 Å². The monoisotopic (exact) mass is 214 g/mol. The third-order valence-electron chi connectivity index (χ3n) is 2.49. The molecule has 1 aliphatic heterocycles. The lowest BCUT2D eigenvalue weighted by molar-refractivity contribution is -0.134. The largest absolute Gasteiger partial charge is 0.301 e. The van der Waals surface area contributed by atoms with Crippen LogP contribution in [0.25, 0.3) is 0 Å². The molecule has 1 rings (SSSR count). The lowest BCUT2D eigenvalue weighted by Crippen LogP contribution is -2.30. The van der Waals surface area contributed by atoms with Crippen LogP contribution in [-0.2, 0) is 9.63 Å². The van der Waals surface area contributed by atoms with Crippen molar-refractivity contribution in [3.63, 3.8) is 0 Å². The molecule has 1 fully saturated rings. The van der Waals surface area contributed by atoms with Crippen molar-refractivity contribution in [3.05, 3.63) is 0 Å². The predicted octanol–water partition coefficient (Wildman–Crippen LogP) is 1.18. The summed E-state index contributed by atoms with van der Waals surface area (Å²) in [6.45, 7) is 7.88. The molecule has 0 radical (unpaired) electrons. The lowest BCUT2D eigenvalue weighted by Gasteiger charge is -2.14. The number of hydrogen-bond acceptors (Lipinski definition) is 3. The van der Waals surface area contributed by atoms with Crippen LogP contribution in [0.4, 0.5) is 0 Å². The zero-order chi connectivity index (χ0) is 11.1. The van der Waals surface area contributed by atoms with Crippen LogP contribution in [0.1, 0.15) is 33.1 Å². The van der Waals surface area contributed by atoms with Crippen molar-refractivity contribution in [2.75, 3.05) is 26.2 Å². The maximum Gasteiger partial charge on any atom is 0.243 e. The van der Waals surface area contributed by atoms with Crippen molar-refractivity contribution in [2.24, 2.45) is 5.92 Å². The summed E-state index contributed by atoms with van der Waals surface area (Å²) in [4.78, 5) is 18.7. The topological polar surface area (TPSA) is 41.6 Å². The number of carbonyl (C=O) groups is 1. The van der Waals surface area contributed by atoms with E-state index in [1.165, 1.54) is 25.9 Å². The first kappa shape index (κ1) is 12.5. The first-order valence-corrected chi connectivity index (χ1v) is 5.81. The zero-order valence-electron chi connectivity index (χ0n) is 9.79. The number of amides is 1. The average Bonchev–Trinajstić information content (AvgIpc) is 2.63. The molecule has 0 atom stereocenters. The maximum absolute atomic E-state index is 11.2. The van der Waals surface area contributed by atoms with E-state index in [-0.39, 0.29) is 5.91 Å². The highest BCUT2D eigenvalue weighted by Gasteiger charge is 2.11. The molecule has 0 aromatic heterocycles. The van der Waals surface area contributed by atoms with Crippen LogP contribution in [0.2, 0.25) is 0 Å². The van der Waals surface area contributed by atoms with Crippen LogP contribution in [0, 0.1) is 5.92 Å². The molecule has 1 saturated heterocycles. The number of nitrogens with one attached hydrogen (secondary N) is 1. The van der Waals surface area contributed by atoms with Crippen molar-refractivity contribution in [1.82, 2.24) is 10.4 Å². The van der Waals surface area contributed by atoms with Crippen LogP contribution < -0.4 is 5.48 Å². The summed E-state index contributed by atoms with van der Waals surface area (Å²) in [7, 11) is 0. The standard InChI is InChI=1S/C11H22N2O2/c1-10(2)9-11(14)12-15-8-7-13-5-3-4-6-13/h10H,3-9H2,1-2H3,(H,12,14). The van der Waals surface area contributed by atoms with E-state index in [4.69, 9.17) is 4.84 Å². The maximum atomic E-state index is 11.2. The van der Waals surface area contributed by atoms with Gasteiger partial charge >= 0.3 is 0 Å². The van der Waals surface area contributed by atoms with E-state index in [1.807, 2.05) is 13.8 Å². The molecule has 0 spiro atoms. The highest BCUT2D eigenvalue weighted by molar-refractivity contribution is 5.74. The molecule has 0 aromatic rings. The van der Waals surface area contributed by atoms with Gasteiger partial charge in [-0.15, -0.1) is 0 Å². The van der Waals surface area contributed by atoms with E-state index in [0.717, 1.165) is 6.54 Å². The minimum Gasteiger partial charge on any atom is -0.301 e. The van der Waals surface area contributed by atoms with Gasteiger partial charge in [-0.2, -0.15) is 0 Å². The molecule has 15 heavy (non-hydrogen) atoms. The summed E-state index contributed by atoms with van der Waals surface area (Å²) in [6, 6.07) is 0. The van der Waals surface area contributed by atoms with E-state index in [1.54, 1.807) is 0 Å². The van der Waals surface area contributed by atoms with Crippen molar-refractivity contribution < 1.29 is 9.63 Å². The Labute approximate surface area is 91.9 Å². The van der Waals surface area contributed by atoms with Crippen molar-refractivity contribution in [3.8, 4) is 0 Å². The predicted molar refractivity (Wildman–Crippen MR) is 59.2 cm³/mol. The normalized spacial score (nSPS) is 17.3. The Morgan fingerprint density at radius 3 is 2.67 bits per heavy atom. The highest BCUT2D eigenvalue weighted by Crippen LogP contribution is 2.05. The lowest BCUT2D eigenvalue weighted by atomic mass is 10.1. The van der Waals surface area contributed by atoms with Crippen molar-refractivity contribution in [1.29, 1.82) is 0 Å². The Morgan fingerprint density at radius 2 is 2.07 bits per heavy atom. The first-order chi connectivity index (χ1) is 7.18. The number of likely N-dealkylation sites (tertiary alicyclic amines) is 1. The van der Waals surface area contributed by atoms with Gasteiger partial charge in [0.05, 0.1) is 6.61 Å². The molecule has 1 N–H and O–H groups in total. The van der Waals surface area contributed by atoms with Crippen LogP contribution in [0.3, 0.4) is 0 Å². The molecular weight excluding hydrogens is 192 g/mol. The summed E-state index contributed by atoms with van der Waals surface area (Å²) in [5.41, 5.74) is 2.47. The van der Waals surface area contributed by atoms with E-state index in [9.17, 15) is 4.79 Å². The van der Waals surface area contributed by atoms with Gasteiger partial charge in [0.15, 0.2) is 0 Å². The average molecular weight is 214 g/mol. The summed E-state index contributed by atoms with van der Waals surface area (Å²) < 4.78 is 0. The van der Waals surface area contributed by atoms with E-state index in [2.05, 4.69) is 10.4 Å². The number of hydrogen-bond donors (Lipinski definition) is 1. The Bertz CT molecular complexity index is 189. The third-order valence-corrected chi connectivity index (χ3v) is 2.49. The Hall–Kier alpha value is -0.610. The zero-order valence-corrected chi connectivity index (χ0v) is 9.79. The van der Waals surface area contributed by atoms with E-state index in [0.29, 0.717) is 18.9 Å². The Kier molecular flexibility index (Phi) is 5.65. The van der Waals surface area contributed by atoms with Gasteiger partial charge in [0.1, 0.15) is 0 Å². The Balaban J connectivity index is 1.94. The molecule has 4 nitrogen and oxygen atoms in total. The van der Waals surface area contributed by atoms with Crippen LogP contribution >= 0.6 is 0 Å². The molecule has 4 heteroatoms. The SMILES string of the molecule is CC(C)CC(=O)NOCCN1CCCC1. The summed E-state index contributed by atoms with van der Waals surface area (Å²) in [5, 5.41) is 0. The van der Waals surface area contributed by atoms with E-state index < -0.39 is 0 Å². The molecule has 1 heterocycles. The minimum absolute atomic E-state index is 0.0218. The molecule has 0 unspecified atom stereocenters. The third kappa shape index (κ3) is 5.74. The minimum atomic E-state index is -0.0218. The fraction of sp³-hybridized carbons (Fsp3) is 0.909. The van der Waals surface area contributed by atoms with Gasteiger partial charge in [-0.1, -0.05) is 13.8 Å². The Morgan fingerprint density at radius 1 is 1.40 bits per heavy atom. The smallest absolute Gasteiger partial charge is 0.243 e. The molecular formula is C11H22N2O2. The van der Waals surface area contributed by atoms with Gasteiger partial charge in [0.2, 0.25) is 5.91 Å².